The van der Waals surface area contributed by atoms with Crippen molar-refractivity contribution in [1.29, 1.82) is 0 Å². The minimum atomic E-state index is -0.176. The van der Waals surface area contributed by atoms with Crippen molar-refractivity contribution in [3.05, 3.63) is 24.0 Å². The third-order valence-corrected chi connectivity index (χ3v) is 3.56. The van der Waals surface area contributed by atoms with E-state index in [1.54, 1.807) is 0 Å². The van der Waals surface area contributed by atoms with Crippen molar-refractivity contribution in [3.8, 4) is 5.75 Å². The SMILES string of the molecule is Fc1cc(OCC2CC2)ccc1N1CCNCC1. The summed E-state index contributed by atoms with van der Waals surface area (Å²) in [6.45, 7) is 4.28. The zero-order valence-corrected chi connectivity index (χ0v) is 10.5. The third kappa shape index (κ3) is 2.75. The van der Waals surface area contributed by atoms with Crippen LogP contribution in [0.1, 0.15) is 12.8 Å². The monoisotopic (exact) mass is 250 g/mol. The fourth-order valence-electron chi connectivity index (χ4n) is 2.24. The smallest absolute Gasteiger partial charge is 0.150 e. The maximum atomic E-state index is 14.0. The second-order valence-corrected chi connectivity index (χ2v) is 5.10. The Hall–Kier alpha value is -1.29. The van der Waals surface area contributed by atoms with Gasteiger partial charge in [0.05, 0.1) is 12.3 Å². The molecular formula is C14H19FN2O. The lowest BCUT2D eigenvalue weighted by Gasteiger charge is -2.29. The molecule has 0 bridgehead atoms. The van der Waals surface area contributed by atoms with Crippen molar-refractivity contribution in [3.63, 3.8) is 0 Å². The second-order valence-electron chi connectivity index (χ2n) is 5.10. The molecule has 3 rings (SSSR count). The Morgan fingerprint density at radius 3 is 2.72 bits per heavy atom. The Kier molecular flexibility index (Phi) is 3.37. The predicted molar refractivity (Wildman–Crippen MR) is 69.7 cm³/mol. The summed E-state index contributed by atoms with van der Waals surface area (Å²) in [5.41, 5.74) is 0.690. The van der Waals surface area contributed by atoms with E-state index in [1.165, 1.54) is 18.9 Å². The summed E-state index contributed by atoms with van der Waals surface area (Å²) in [6.07, 6.45) is 2.50. The van der Waals surface area contributed by atoms with Crippen LogP contribution < -0.4 is 15.0 Å². The molecule has 0 amide bonds. The van der Waals surface area contributed by atoms with Gasteiger partial charge in [-0.25, -0.2) is 4.39 Å². The largest absolute Gasteiger partial charge is 0.493 e. The number of benzene rings is 1. The topological polar surface area (TPSA) is 24.5 Å². The highest BCUT2D eigenvalue weighted by molar-refractivity contribution is 5.51. The van der Waals surface area contributed by atoms with Gasteiger partial charge in [0, 0.05) is 32.2 Å². The molecule has 1 aromatic rings. The summed E-state index contributed by atoms with van der Waals surface area (Å²) in [5.74, 6) is 1.17. The number of nitrogens with one attached hydrogen (secondary N) is 1. The van der Waals surface area contributed by atoms with Crippen LogP contribution in [0.25, 0.3) is 0 Å². The maximum Gasteiger partial charge on any atom is 0.150 e. The average Bonchev–Trinajstić information content (AvgIpc) is 3.21. The zero-order valence-electron chi connectivity index (χ0n) is 10.5. The van der Waals surface area contributed by atoms with Crippen LogP contribution in [-0.2, 0) is 0 Å². The van der Waals surface area contributed by atoms with Gasteiger partial charge in [0.25, 0.3) is 0 Å². The third-order valence-electron chi connectivity index (χ3n) is 3.56. The van der Waals surface area contributed by atoms with Gasteiger partial charge < -0.3 is 15.0 Å². The van der Waals surface area contributed by atoms with E-state index in [0.717, 1.165) is 32.8 Å². The highest BCUT2D eigenvalue weighted by Gasteiger charge is 2.22. The molecule has 2 aliphatic rings. The van der Waals surface area contributed by atoms with E-state index < -0.39 is 0 Å². The Labute approximate surface area is 107 Å². The van der Waals surface area contributed by atoms with Crippen molar-refractivity contribution in [2.75, 3.05) is 37.7 Å². The molecule has 0 unspecified atom stereocenters. The molecule has 4 heteroatoms. The normalized spacial score (nSPS) is 19.9. The van der Waals surface area contributed by atoms with Crippen LogP contribution in [0.4, 0.5) is 10.1 Å². The fourth-order valence-corrected chi connectivity index (χ4v) is 2.24. The molecule has 98 valence electrons. The number of hydrogen-bond donors (Lipinski definition) is 1. The van der Waals surface area contributed by atoms with Gasteiger partial charge in [-0.05, 0) is 30.9 Å². The quantitative estimate of drug-likeness (QED) is 0.885. The number of anilines is 1. The van der Waals surface area contributed by atoms with E-state index in [2.05, 4.69) is 10.2 Å². The summed E-state index contributed by atoms with van der Waals surface area (Å²) in [7, 11) is 0. The van der Waals surface area contributed by atoms with E-state index >= 15 is 0 Å². The lowest BCUT2D eigenvalue weighted by Crippen LogP contribution is -2.43. The lowest BCUT2D eigenvalue weighted by molar-refractivity contribution is 0.298. The molecule has 18 heavy (non-hydrogen) atoms. The first kappa shape index (κ1) is 11.8. The summed E-state index contributed by atoms with van der Waals surface area (Å²) in [5, 5.41) is 3.27. The molecule has 1 aliphatic carbocycles. The lowest BCUT2D eigenvalue weighted by atomic mass is 10.2. The van der Waals surface area contributed by atoms with Crippen molar-refractivity contribution < 1.29 is 9.13 Å². The van der Waals surface area contributed by atoms with Crippen LogP contribution in [0.3, 0.4) is 0 Å². The van der Waals surface area contributed by atoms with E-state index in [4.69, 9.17) is 4.74 Å². The van der Waals surface area contributed by atoms with Crippen LogP contribution in [-0.4, -0.2) is 32.8 Å². The molecule has 0 atom stereocenters. The molecule has 1 saturated heterocycles. The van der Waals surface area contributed by atoms with Gasteiger partial charge in [-0.1, -0.05) is 0 Å². The standard InChI is InChI=1S/C14H19FN2O/c15-13-9-12(18-10-11-1-2-11)3-4-14(13)17-7-5-16-6-8-17/h3-4,9,11,16H,1-2,5-8,10H2. The van der Waals surface area contributed by atoms with Gasteiger partial charge in [-0.15, -0.1) is 0 Å². The van der Waals surface area contributed by atoms with Crippen LogP contribution in [0, 0.1) is 11.7 Å². The van der Waals surface area contributed by atoms with E-state index in [0.29, 0.717) is 17.4 Å². The minimum absolute atomic E-state index is 0.176. The first-order valence-electron chi connectivity index (χ1n) is 6.71. The number of piperazine rings is 1. The van der Waals surface area contributed by atoms with Crippen molar-refractivity contribution >= 4 is 5.69 Å². The molecule has 0 aromatic heterocycles. The molecular weight excluding hydrogens is 231 g/mol. The van der Waals surface area contributed by atoms with Gasteiger partial charge in [0.15, 0.2) is 0 Å². The van der Waals surface area contributed by atoms with E-state index in [1.807, 2.05) is 12.1 Å². The highest BCUT2D eigenvalue weighted by Crippen LogP contribution is 2.30. The summed E-state index contributed by atoms with van der Waals surface area (Å²) < 4.78 is 19.6. The molecule has 1 heterocycles. The molecule has 1 N–H and O–H groups in total. The predicted octanol–water partition coefficient (Wildman–Crippen LogP) is 2.02. The van der Waals surface area contributed by atoms with Crippen molar-refractivity contribution in [2.24, 2.45) is 5.92 Å². The minimum Gasteiger partial charge on any atom is -0.493 e. The Balaban J connectivity index is 1.66. The Bertz CT molecular complexity index is 414. The molecule has 1 aromatic carbocycles. The number of halogens is 1. The van der Waals surface area contributed by atoms with E-state index in [-0.39, 0.29) is 5.82 Å². The Morgan fingerprint density at radius 2 is 2.06 bits per heavy atom. The molecule has 0 spiro atoms. The molecule has 1 saturated carbocycles. The van der Waals surface area contributed by atoms with Crippen molar-refractivity contribution in [1.82, 2.24) is 5.32 Å². The molecule has 1 aliphatic heterocycles. The maximum absolute atomic E-state index is 14.0. The molecule has 2 fully saturated rings. The van der Waals surface area contributed by atoms with Crippen LogP contribution >= 0.6 is 0 Å². The van der Waals surface area contributed by atoms with Gasteiger partial charge in [-0.3, -0.25) is 0 Å². The van der Waals surface area contributed by atoms with Crippen LogP contribution in [0.5, 0.6) is 5.75 Å². The summed E-state index contributed by atoms with van der Waals surface area (Å²) in [6, 6.07) is 5.23. The number of ether oxygens (including phenoxy) is 1. The first-order valence-corrected chi connectivity index (χ1v) is 6.71. The molecule has 3 nitrogen and oxygen atoms in total. The van der Waals surface area contributed by atoms with E-state index in [9.17, 15) is 4.39 Å². The van der Waals surface area contributed by atoms with Gasteiger partial charge in [-0.2, -0.15) is 0 Å². The van der Waals surface area contributed by atoms with Gasteiger partial charge in [0.2, 0.25) is 0 Å². The van der Waals surface area contributed by atoms with Crippen LogP contribution in [0.2, 0.25) is 0 Å². The van der Waals surface area contributed by atoms with Gasteiger partial charge in [0.1, 0.15) is 11.6 Å². The summed E-state index contributed by atoms with van der Waals surface area (Å²) >= 11 is 0. The number of hydrogen-bond acceptors (Lipinski definition) is 3. The average molecular weight is 250 g/mol. The van der Waals surface area contributed by atoms with Crippen molar-refractivity contribution in [2.45, 2.75) is 12.8 Å². The van der Waals surface area contributed by atoms with Crippen LogP contribution in [0.15, 0.2) is 18.2 Å². The molecule has 0 radical (unpaired) electrons. The summed E-state index contributed by atoms with van der Waals surface area (Å²) in [4.78, 5) is 2.08. The second kappa shape index (κ2) is 5.14. The highest BCUT2D eigenvalue weighted by atomic mass is 19.1. The fraction of sp³-hybridized carbons (Fsp3) is 0.571. The van der Waals surface area contributed by atoms with Gasteiger partial charge >= 0.3 is 0 Å². The first-order chi connectivity index (χ1) is 8.83. The zero-order chi connectivity index (χ0) is 12.4. The number of rotatable bonds is 4. The Morgan fingerprint density at radius 1 is 1.28 bits per heavy atom. The number of nitrogens with zero attached hydrogens (tertiary/aromatic N) is 1.